The number of rotatable bonds is 3. The summed E-state index contributed by atoms with van der Waals surface area (Å²) in [6.07, 6.45) is -4.95. The first kappa shape index (κ1) is 18.2. The molecule has 9 heteroatoms. The van der Waals surface area contributed by atoms with E-state index in [4.69, 9.17) is 0 Å². The van der Waals surface area contributed by atoms with Crippen molar-refractivity contribution in [2.75, 3.05) is 12.4 Å². The van der Waals surface area contributed by atoms with Crippen molar-refractivity contribution in [2.24, 2.45) is 0 Å². The Bertz CT molecular complexity index is 792. The number of hydrogen-bond donors (Lipinski definition) is 1. The molecule has 0 aromatic heterocycles. The summed E-state index contributed by atoms with van der Waals surface area (Å²) in [5, 5.41) is 2.54. The van der Waals surface area contributed by atoms with Crippen molar-refractivity contribution >= 4 is 33.3 Å². The van der Waals surface area contributed by atoms with Gasteiger partial charge in [-0.3, -0.25) is 0 Å². The summed E-state index contributed by atoms with van der Waals surface area (Å²) in [4.78, 5) is 11.7. The number of esters is 1. The SMILES string of the molecule is COC(=O)c1cc(F)c(C(F)(F)F)cc1Nc1ccc(F)cc1Br. The van der Waals surface area contributed by atoms with Crippen LogP contribution in [0, 0.1) is 11.6 Å². The molecule has 128 valence electrons. The second-order valence-electron chi connectivity index (χ2n) is 4.62. The monoisotopic (exact) mass is 409 g/mol. The summed E-state index contributed by atoms with van der Waals surface area (Å²) >= 11 is 3.04. The number of benzene rings is 2. The van der Waals surface area contributed by atoms with Crippen molar-refractivity contribution in [3.8, 4) is 0 Å². The van der Waals surface area contributed by atoms with Crippen LogP contribution in [-0.4, -0.2) is 13.1 Å². The molecule has 0 amide bonds. The zero-order valence-corrected chi connectivity index (χ0v) is 13.6. The lowest BCUT2D eigenvalue weighted by atomic mass is 10.1. The molecule has 0 radical (unpaired) electrons. The van der Waals surface area contributed by atoms with Crippen molar-refractivity contribution in [1.29, 1.82) is 0 Å². The van der Waals surface area contributed by atoms with Gasteiger partial charge in [0.15, 0.2) is 0 Å². The summed E-state index contributed by atoms with van der Waals surface area (Å²) in [6.45, 7) is 0. The van der Waals surface area contributed by atoms with Gasteiger partial charge in [0.25, 0.3) is 0 Å². The molecule has 0 atom stereocenters. The normalized spacial score (nSPS) is 11.3. The van der Waals surface area contributed by atoms with Crippen LogP contribution in [-0.2, 0) is 10.9 Å². The smallest absolute Gasteiger partial charge is 0.419 e. The number of ether oxygens (including phenoxy) is 1. The number of carbonyl (C=O) groups excluding carboxylic acids is 1. The first-order chi connectivity index (χ1) is 11.1. The molecule has 2 aromatic carbocycles. The predicted octanol–water partition coefficient (Wildman–Crippen LogP) is 5.28. The van der Waals surface area contributed by atoms with Crippen molar-refractivity contribution < 1.29 is 31.5 Å². The van der Waals surface area contributed by atoms with E-state index in [-0.39, 0.29) is 15.8 Å². The lowest BCUT2D eigenvalue weighted by Crippen LogP contribution is -2.13. The molecule has 0 aliphatic heterocycles. The molecule has 0 aliphatic rings. The largest absolute Gasteiger partial charge is 0.465 e. The van der Waals surface area contributed by atoms with Gasteiger partial charge in [-0.1, -0.05) is 0 Å². The number of hydrogen-bond acceptors (Lipinski definition) is 3. The van der Waals surface area contributed by atoms with Crippen molar-refractivity contribution in [2.45, 2.75) is 6.18 Å². The van der Waals surface area contributed by atoms with Crippen LogP contribution in [0.3, 0.4) is 0 Å². The Morgan fingerprint density at radius 1 is 1.12 bits per heavy atom. The lowest BCUT2D eigenvalue weighted by molar-refractivity contribution is -0.139. The van der Waals surface area contributed by atoms with Gasteiger partial charge in [-0.25, -0.2) is 13.6 Å². The van der Waals surface area contributed by atoms with Gasteiger partial charge in [0, 0.05) is 4.47 Å². The number of anilines is 2. The van der Waals surface area contributed by atoms with Crippen LogP contribution in [0.25, 0.3) is 0 Å². The van der Waals surface area contributed by atoms with E-state index >= 15 is 0 Å². The Hall–Kier alpha value is -2.16. The van der Waals surface area contributed by atoms with Gasteiger partial charge in [0.05, 0.1) is 29.6 Å². The molecule has 0 saturated carbocycles. The van der Waals surface area contributed by atoms with Crippen LogP contribution in [0.15, 0.2) is 34.8 Å². The van der Waals surface area contributed by atoms with E-state index < -0.39 is 34.9 Å². The first-order valence-electron chi connectivity index (χ1n) is 6.34. The minimum atomic E-state index is -4.95. The van der Waals surface area contributed by atoms with Crippen LogP contribution in [0.2, 0.25) is 0 Å². The lowest BCUT2D eigenvalue weighted by Gasteiger charge is -2.16. The number of alkyl halides is 3. The molecule has 0 bridgehead atoms. The highest BCUT2D eigenvalue weighted by Gasteiger charge is 2.35. The predicted molar refractivity (Wildman–Crippen MR) is 80.1 cm³/mol. The Morgan fingerprint density at radius 3 is 2.33 bits per heavy atom. The highest BCUT2D eigenvalue weighted by molar-refractivity contribution is 9.10. The quantitative estimate of drug-likeness (QED) is 0.553. The van der Waals surface area contributed by atoms with Crippen LogP contribution in [0.4, 0.5) is 33.3 Å². The molecule has 0 spiro atoms. The van der Waals surface area contributed by atoms with Gasteiger partial charge >= 0.3 is 12.1 Å². The number of halogens is 6. The average Bonchev–Trinajstić information content (AvgIpc) is 2.49. The summed E-state index contributed by atoms with van der Waals surface area (Å²) in [5.74, 6) is -3.20. The zero-order chi connectivity index (χ0) is 18.1. The summed E-state index contributed by atoms with van der Waals surface area (Å²) in [5.41, 5.74) is -2.13. The molecule has 0 aliphatic carbocycles. The number of methoxy groups -OCH3 is 1. The summed E-state index contributed by atoms with van der Waals surface area (Å²) in [7, 11) is 1.01. The molecule has 0 unspecified atom stereocenters. The van der Waals surface area contributed by atoms with Gasteiger partial charge in [-0.2, -0.15) is 13.2 Å². The van der Waals surface area contributed by atoms with E-state index in [2.05, 4.69) is 26.0 Å². The molecule has 24 heavy (non-hydrogen) atoms. The van der Waals surface area contributed by atoms with Crippen molar-refractivity contribution in [1.82, 2.24) is 0 Å². The van der Waals surface area contributed by atoms with Crippen molar-refractivity contribution in [3.63, 3.8) is 0 Å². The zero-order valence-electron chi connectivity index (χ0n) is 12.0. The molecule has 3 nitrogen and oxygen atoms in total. The second kappa shape index (κ2) is 6.76. The third-order valence-corrected chi connectivity index (χ3v) is 3.67. The number of carbonyl (C=O) groups is 1. The molecule has 0 saturated heterocycles. The van der Waals surface area contributed by atoms with E-state index in [0.717, 1.165) is 19.2 Å². The van der Waals surface area contributed by atoms with Crippen LogP contribution < -0.4 is 5.32 Å². The average molecular weight is 410 g/mol. The van der Waals surface area contributed by atoms with Crippen LogP contribution >= 0.6 is 15.9 Å². The van der Waals surface area contributed by atoms with Crippen LogP contribution in [0.1, 0.15) is 15.9 Å². The topological polar surface area (TPSA) is 38.3 Å². The van der Waals surface area contributed by atoms with E-state index in [0.29, 0.717) is 12.1 Å². The van der Waals surface area contributed by atoms with Gasteiger partial charge in [-0.15, -0.1) is 0 Å². The minimum Gasteiger partial charge on any atom is -0.465 e. The fourth-order valence-corrected chi connectivity index (χ4v) is 2.36. The van der Waals surface area contributed by atoms with E-state index in [1.807, 2.05) is 0 Å². The van der Waals surface area contributed by atoms with Gasteiger partial charge in [0.2, 0.25) is 0 Å². The third kappa shape index (κ3) is 3.84. The molecule has 0 heterocycles. The maximum atomic E-state index is 13.7. The number of nitrogens with one attached hydrogen (secondary N) is 1. The minimum absolute atomic E-state index is 0.182. The third-order valence-electron chi connectivity index (χ3n) is 3.02. The van der Waals surface area contributed by atoms with Gasteiger partial charge < -0.3 is 10.1 Å². The molecule has 2 rings (SSSR count). The molecule has 1 N–H and O–H groups in total. The standard InChI is InChI=1S/C15H9BrF5NO2/c1-24-14(23)8-5-11(18)9(15(19,20)21)6-13(8)22-12-3-2-7(17)4-10(12)16/h2-6,22H,1H3. The fraction of sp³-hybridized carbons (Fsp3) is 0.133. The maximum Gasteiger partial charge on any atom is 0.419 e. The Labute approximate surface area is 141 Å². The summed E-state index contributed by atoms with van der Waals surface area (Å²) in [6, 6.07) is 4.29. The van der Waals surface area contributed by atoms with Gasteiger partial charge in [0.1, 0.15) is 11.6 Å². The van der Waals surface area contributed by atoms with E-state index in [9.17, 15) is 26.7 Å². The van der Waals surface area contributed by atoms with E-state index in [1.165, 1.54) is 6.07 Å². The van der Waals surface area contributed by atoms with Gasteiger partial charge in [-0.05, 0) is 46.3 Å². The highest BCUT2D eigenvalue weighted by Crippen LogP contribution is 2.36. The fourth-order valence-electron chi connectivity index (χ4n) is 1.91. The maximum absolute atomic E-state index is 13.7. The Balaban J connectivity index is 2.58. The van der Waals surface area contributed by atoms with E-state index in [1.54, 1.807) is 0 Å². The highest BCUT2D eigenvalue weighted by atomic mass is 79.9. The van der Waals surface area contributed by atoms with Crippen LogP contribution in [0.5, 0.6) is 0 Å². The Kier molecular flexibility index (Phi) is 5.12. The summed E-state index contributed by atoms with van der Waals surface area (Å²) < 4.78 is 70.0. The van der Waals surface area contributed by atoms with Crippen molar-refractivity contribution in [3.05, 3.63) is 57.6 Å². The second-order valence-corrected chi connectivity index (χ2v) is 5.47. The Morgan fingerprint density at radius 2 is 1.79 bits per heavy atom. The molecular formula is C15H9BrF5NO2. The first-order valence-corrected chi connectivity index (χ1v) is 7.14. The molecule has 2 aromatic rings. The molecular weight excluding hydrogens is 401 g/mol. The molecule has 0 fully saturated rings.